The average Bonchev–Trinajstić information content (AvgIpc) is 2.97. The van der Waals surface area contributed by atoms with Gasteiger partial charge in [-0.05, 0) is 26.2 Å². The first kappa shape index (κ1) is 12.9. The lowest BCUT2D eigenvalue weighted by molar-refractivity contribution is -0.133. The quantitative estimate of drug-likeness (QED) is 0.825. The SMILES string of the molecule is CC1(n2c(SCC(=O)O)nnc2C2CC2)CCOC1. The van der Waals surface area contributed by atoms with Crippen molar-refractivity contribution in [1.82, 2.24) is 14.8 Å². The zero-order chi connectivity index (χ0) is 13.5. The van der Waals surface area contributed by atoms with Crippen LogP contribution in [0.5, 0.6) is 0 Å². The largest absolute Gasteiger partial charge is 0.481 e. The van der Waals surface area contributed by atoms with E-state index in [0.29, 0.717) is 17.7 Å². The van der Waals surface area contributed by atoms with E-state index in [2.05, 4.69) is 21.7 Å². The van der Waals surface area contributed by atoms with E-state index in [1.807, 2.05) is 0 Å². The summed E-state index contributed by atoms with van der Waals surface area (Å²) in [6.07, 6.45) is 3.22. The normalized spacial score (nSPS) is 26.8. The van der Waals surface area contributed by atoms with Gasteiger partial charge in [-0.2, -0.15) is 0 Å². The second-order valence-corrected chi connectivity index (χ2v) is 6.37. The summed E-state index contributed by atoms with van der Waals surface area (Å²) in [7, 11) is 0. The molecule has 2 heterocycles. The molecular weight excluding hydrogens is 266 g/mol. The maximum absolute atomic E-state index is 10.7. The number of hydrogen-bond acceptors (Lipinski definition) is 5. The summed E-state index contributed by atoms with van der Waals surface area (Å²) < 4.78 is 7.65. The van der Waals surface area contributed by atoms with E-state index in [1.165, 1.54) is 11.8 Å². The Balaban J connectivity index is 1.93. The zero-order valence-electron chi connectivity index (χ0n) is 10.8. The fourth-order valence-corrected chi connectivity index (χ4v) is 3.24. The maximum Gasteiger partial charge on any atom is 0.313 e. The van der Waals surface area contributed by atoms with Crippen LogP contribution < -0.4 is 0 Å². The highest BCUT2D eigenvalue weighted by atomic mass is 32.2. The Bertz CT molecular complexity index is 492. The summed E-state index contributed by atoms with van der Waals surface area (Å²) in [6, 6.07) is 0. The van der Waals surface area contributed by atoms with Crippen molar-refractivity contribution in [2.45, 2.75) is 42.8 Å². The highest BCUT2D eigenvalue weighted by molar-refractivity contribution is 7.99. The van der Waals surface area contributed by atoms with E-state index < -0.39 is 5.97 Å². The Morgan fingerprint density at radius 1 is 1.58 bits per heavy atom. The molecule has 7 heteroatoms. The molecule has 0 bridgehead atoms. The summed E-state index contributed by atoms with van der Waals surface area (Å²) >= 11 is 1.24. The van der Waals surface area contributed by atoms with Crippen molar-refractivity contribution in [1.29, 1.82) is 0 Å². The zero-order valence-corrected chi connectivity index (χ0v) is 11.7. The minimum Gasteiger partial charge on any atom is -0.481 e. The van der Waals surface area contributed by atoms with Crippen LogP contribution in [0.3, 0.4) is 0 Å². The van der Waals surface area contributed by atoms with Crippen molar-refractivity contribution in [3.63, 3.8) is 0 Å². The van der Waals surface area contributed by atoms with Gasteiger partial charge in [-0.1, -0.05) is 11.8 Å². The van der Waals surface area contributed by atoms with Gasteiger partial charge in [0, 0.05) is 12.5 Å². The molecule has 0 radical (unpaired) electrons. The molecule has 0 amide bonds. The van der Waals surface area contributed by atoms with Crippen LogP contribution >= 0.6 is 11.8 Å². The predicted molar refractivity (Wildman–Crippen MR) is 69.4 cm³/mol. The van der Waals surface area contributed by atoms with Crippen molar-refractivity contribution in [3.8, 4) is 0 Å². The standard InChI is InChI=1S/C12H17N3O3S/c1-12(4-5-18-7-12)15-10(8-2-3-8)13-14-11(15)19-6-9(16)17/h8H,2-7H2,1H3,(H,16,17). The Morgan fingerprint density at radius 3 is 2.95 bits per heavy atom. The van der Waals surface area contributed by atoms with Gasteiger partial charge in [0.1, 0.15) is 5.82 Å². The van der Waals surface area contributed by atoms with Crippen molar-refractivity contribution >= 4 is 17.7 Å². The minimum absolute atomic E-state index is 0.0136. The summed E-state index contributed by atoms with van der Waals surface area (Å²) in [5.41, 5.74) is -0.137. The van der Waals surface area contributed by atoms with Crippen LogP contribution in [0.2, 0.25) is 0 Å². The fraction of sp³-hybridized carbons (Fsp3) is 0.750. The third-order valence-electron chi connectivity index (χ3n) is 3.66. The molecule has 1 N–H and O–H groups in total. The van der Waals surface area contributed by atoms with Gasteiger partial charge in [0.2, 0.25) is 0 Å². The van der Waals surface area contributed by atoms with E-state index in [4.69, 9.17) is 9.84 Å². The Hall–Kier alpha value is -1.08. The van der Waals surface area contributed by atoms with E-state index in [0.717, 1.165) is 31.7 Å². The highest BCUT2D eigenvalue weighted by Crippen LogP contribution is 2.43. The molecule has 1 aliphatic carbocycles. The van der Waals surface area contributed by atoms with Gasteiger partial charge in [0.15, 0.2) is 5.16 Å². The predicted octanol–water partition coefficient (Wildman–Crippen LogP) is 1.47. The van der Waals surface area contributed by atoms with Crippen LogP contribution in [0, 0.1) is 0 Å². The average molecular weight is 283 g/mol. The lowest BCUT2D eigenvalue weighted by Crippen LogP contribution is -2.32. The van der Waals surface area contributed by atoms with Gasteiger partial charge in [0.25, 0.3) is 0 Å². The second-order valence-electron chi connectivity index (χ2n) is 5.43. The number of aromatic nitrogens is 3. The van der Waals surface area contributed by atoms with Gasteiger partial charge >= 0.3 is 5.97 Å². The van der Waals surface area contributed by atoms with E-state index >= 15 is 0 Å². The molecule has 0 spiro atoms. The first-order chi connectivity index (χ1) is 9.10. The fourth-order valence-electron chi connectivity index (χ4n) is 2.45. The molecule has 0 aromatic carbocycles. The van der Waals surface area contributed by atoms with Crippen molar-refractivity contribution in [2.24, 2.45) is 0 Å². The summed E-state index contributed by atoms with van der Waals surface area (Å²) in [6.45, 7) is 3.52. The van der Waals surface area contributed by atoms with Gasteiger partial charge < -0.3 is 9.84 Å². The van der Waals surface area contributed by atoms with Crippen molar-refractivity contribution in [3.05, 3.63) is 5.82 Å². The van der Waals surface area contributed by atoms with Gasteiger partial charge in [0.05, 0.1) is 17.9 Å². The number of thioether (sulfide) groups is 1. The first-order valence-electron chi connectivity index (χ1n) is 6.48. The Morgan fingerprint density at radius 2 is 2.37 bits per heavy atom. The van der Waals surface area contributed by atoms with Crippen LogP contribution in [0.1, 0.15) is 37.9 Å². The van der Waals surface area contributed by atoms with Crippen LogP contribution in [0.25, 0.3) is 0 Å². The molecule has 1 saturated heterocycles. The number of aliphatic carboxylic acids is 1. The molecular formula is C12H17N3O3S. The van der Waals surface area contributed by atoms with Crippen LogP contribution in [-0.2, 0) is 15.1 Å². The van der Waals surface area contributed by atoms with Crippen molar-refractivity contribution < 1.29 is 14.6 Å². The molecule has 1 aromatic heterocycles. The van der Waals surface area contributed by atoms with Crippen LogP contribution in [0.4, 0.5) is 0 Å². The second kappa shape index (κ2) is 4.79. The molecule has 104 valence electrons. The minimum atomic E-state index is -0.833. The molecule has 3 rings (SSSR count). The smallest absolute Gasteiger partial charge is 0.313 e. The monoisotopic (exact) mass is 283 g/mol. The molecule has 1 saturated carbocycles. The number of nitrogens with zero attached hydrogens (tertiary/aromatic N) is 3. The number of carboxylic acids is 1. The molecule has 1 unspecified atom stereocenters. The molecule has 2 aliphatic rings. The number of carboxylic acid groups (broad SMARTS) is 1. The number of rotatable bonds is 5. The molecule has 19 heavy (non-hydrogen) atoms. The van der Waals surface area contributed by atoms with Crippen LogP contribution in [-0.4, -0.2) is 44.8 Å². The molecule has 1 aromatic rings. The molecule has 2 fully saturated rings. The van der Waals surface area contributed by atoms with Crippen molar-refractivity contribution in [2.75, 3.05) is 19.0 Å². The first-order valence-corrected chi connectivity index (χ1v) is 7.47. The lowest BCUT2D eigenvalue weighted by Gasteiger charge is -2.27. The molecule has 6 nitrogen and oxygen atoms in total. The topological polar surface area (TPSA) is 77.2 Å². The Kier molecular flexibility index (Phi) is 3.26. The number of hydrogen-bond donors (Lipinski definition) is 1. The Labute approximate surface area is 115 Å². The third-order valence-corrected chi connectivity index (χ3v) is 4.58. The highest BCUT2D eigenvalue weighted by Gasteiger charge is 2.40. The van der Waals surface area contributed by atoms with Gasteiger partial charge in [-0.15, -0.1) is 10.2 Å². The maximum atomic E-state index is 10.7. The van der Waals surface area contributed by atoms with Gasteiger partial charge in [-0.25, -0.2) is 0 Å². The third kappa shape index (κ3) is 2.49. The summed E-state index contributed by atoms with van der Waals surface area (Å²) in [4.78, 5) is 10.7. The summed E-state index contributed by atoms with van der Waals surface area (Å²) in [5, 5.41) is 18.0. The molecule has 1 aliphatic heterocycles. The summed E-state index contributed by atoms with van der Waals surface area (Å²) in [5.74, 6) is 0.671. The number of carbonyl (C=O) groups is 1. The van der Waals surface area contributed by atoms with E-state index in [1.54, 1.807) is 0 Å². The lowest BCUT2D eigenvalue weighted by atomic mass is 10.0. The molecule has 1 atom stereocenters. The number of ether oxygens (including phenoxy) is 1. The van der Waals surface area contributed by atoms with Crippen LogP contribution in [0.15, 0.2) is 5.16 Å². The van der Waals surface area contributed by atoms with Gasteiger partial charge in [-0.3, -0.25) is 9.36 Å². The van der Waals surface area contributed by atoms with E-state index in [9.17, 15) is 4.79 Å². The van der Waals surface area contributed by atoms with E-state index in [-0.39, 0.29) is 11.3 Å².